The Kier molecular flexibility index (Phi) is 7.62. The van der Waals surface area contributed by atoms with Gasteiger partial charge in [-0.1, -0.05) is 37.6 Å². The molecule has 1 heterocycles. The molecule has 2 aromatic rings. The number of nitrogens with zero attached hydrogens (tertiary/aromatic N) is 2. The van der Waals surface area contributed by atoms with Crippen molar-refractivity contribution in [3.8, 4) is 11.5 Å². The smallest absolute Gasteiger partial charge is 0.322 e. The van der Waals surface area contributed by atoms with Gasteiger partial charge in [0.15, 0.2) is 11.5 Å². The number of ether oxygens (including phenoxy) is 2. The Hall–Kier alpha value is -3.22. The van der Waals surface area contributed by atoms with Crippen LogP contribution in [-0.2, 0) is 11.2 Å². The molecule has 0 spiro atoms. The number of amides is 3. The molecule has 3 amide bonds. The number of urea groups is 1. The molecule has 1 atom stereocenters. The monoisotopic (exact) mass is 439 g/mol. The van der Waals surface area contributed by atoms with Gasteiger partial charge in [0.1, 0.15) is 0 Å². The Morgan fingerprint density at radius 3 is 2.34 bits per heavy atom. The van der Waals surface area contributed by atoms with Crippen LogP contribution in [0.15, 0.2) is 42.5 Å². The summed E-state index contributed by atoms with van der Waals surface area (Å²) in [4.78, 5) is 29.7. The van der Waals surface area contributed by atoms with Crippen LogP contribution in [0.1, 0.15) is 25.0 Å². The van der Waals surface area contributed by atoms with Gasteiger partial charge in [0.25, 0.3) is 0 Å². The second kappa shape index (κ2) is 10.4. The maximum atomic E-state index is 13.0. The highest BCUT2D eigenvalue weighted by molar-refractivity contribution is 5.90. The zero-order valence-electron chi connectivity index (χ0n) is 19.6. The topological polar surface area (TPSA) is 71.1 Å². The van der Waals surface area contributed by atoms with Gasteiger partial charge < -0.3 is 24.6 Å². The minimum atomic E-state index is -0.125. The number of carbonyl (C=O) groups excluding carboxylic acids is 2. The zero-order valence-corrected chi connectivity index (χ0v) is 19.6. The van der Waals surface area contributed by atoms with Gasteiger partial charge in [0, 0.05) is 25.3 Å². The summed E-state index contributed by atoms with van der Waals surface area (Å²) >= 11 is 0. The summed E-state index contributed by atoms with van der Waals surface area (Å²) in [5.74, 6) is 1.50. The van der Waals surface area contributed by atoms with Crippen molar-refractivity contribution < 1.29 is 19.1 Å². The summed E-state index contributed by atoms with van der Waals surface area (Å²) in [6.07, 6.45) is 0.279. The third-order valence-electron chi connectivity index (χ3n) is 5.91. The van der Waals surface area contributed by atoms with E-state index in [1.54, 1.807) is 14.2 Å². The first-order chi connectivity index (χ1) is 15.3. The molecule has 1 aliphatic rings. The molecular formula is C25H33N3O4. The van der Waals surface area contributed by atoms with Crippen molar-refractivity contribution in [2.75, 3.05) is 39.2 Å². The van der Waals surface area contributed by atoms with Crippen LogP contribution in [0.3, 0.4) is 0 Å². The highest BCUT2D eigenvalue weighted by Crippen LogP contribution is 2.28. The summed E-state index contributed by atoms with van der Waals surface area (Å²) in [6.45, 7) is 7.71. The van der Waals surface area contributed by atoms with Gasteiger partial charge in [-0.3, -0.25) is 4.79 Å². The fourth-order valence-corrected chi connectivity index (χ4v) is 3.97. The molecule has 7 heteroatoms. The van der Waals surface area contributed by atoms with Crippen LogP contribution in [0.25, 0.3) is 0 Å². The maximum Gasteiger partial charge on any atom is 0.322 e. The predicted octanol–water partition coefficient (Wildman–Crippen LogP) is 3.96. The van der Waals surface area contributed by atoms with Gasteiger partial charge in [-0.15, -0.1) is 0 Å². The van der Waals surface area contributed by atoms with E-state index in [1.807, 2.05) is 59.2 Å². The molecule has 1 aliphatic heterocycles. The SMILES string of the molecule is COc1ccc(CC(=O)N2CCN(C(=O)Nc3ccc(C)cc3)C(C(C)C)C2)cc1OC. The van der Waals surface area contributed by atoms with Gasteiger partial charge in [0.2, 0.25) is 5.91 Å². The van der Waals surface area contributed by atoms with Crippen LogP contribution in [0, 0.1) is 12.8 Å². The number of aryl methyl sites for hydroxylation is 1. The Bertz CT molecular complexity index is 943. The van der Waals surface area contributed by atoms with E-state index < -0.39 is 0 Å². The first-order valence-electron chi connectivity index (χ1n) is 10.9. The lowest BCUT2D eigenvalue weighted by Crippen LogP contribution is -2.59. The van der Waals surface area contributed by atoms with Crippen LogP contribution in [0.4, 0.5) is 10.5 Å². The average Bonchev–Trinajstić information content (AvgIpc) is 2.79. The van der Waals surface area contributed by atoms with Gasteiger partial charge in [-0.25, -0.2) is 4.79 Å². The van der Waals surface area contributed by atoms with Crippen molar-refractivity contribution in [3.05, 3.63) is 53.6 Å². The van der Waals surface area contributed by atoms with E-state index in [0.29, 0.717) is 31.1 Å². The second-order valence-corrected chi connectivity index (χ2v) is 8.51. The van der Waals surface area contributed by atoms with Crippen molar-refractivity contribution in [2.45, 2.75) is 33.2 Å². The van der Waals surface area contributed by atoms with Crippen LogP contribution < -0.4 is 14.8 Å². The summed E-state index contributed by atoms with van der Waals surface area (Å²) < 4.78 is 10.6. The summed E-state index contributed by atoms with van der Waals surface area (Å²) in [5.41, 5.74) is 2.79. The summed E-state index contributed by atoms with van der Waals surface area (Å²) in [7, 11) is 3.17. The van der Waals surface area contributed by atoms with Crippen LogP contribution in [-0.4, -0.2) is 61.6 Å². The quantitative estimate of drug-likeness (QED) is 0.740. The number of benzene rings is 2. The molecule has 2 aromatic carbocycles. The minimum absolute atomic E-state index is 0.0430. The molecule has 0 radical (unpaired) electrons. The maximum absolute atomic E-state index is 13.0. The molecular weight excluding hydrogens is 406 g/mol. The lowest BCUT2D eigenvalue weighted by molar-refractivity contribution is -0.133. The van der Waals surface area contributed by atoms with E-state index >= 15 is 0 Å². The van der Waals surface area contributed by atoms with E-state index in [9.17, 15) is 9.59 Å². The minimum Gasteiger partial charge on any atom is -0.493 e. The molecule has 1 unspecified atom stereocenters. The average molecular weight is 440 g/mol. The van der Waals surface area contributed by atoms with Crippen molar-refractivity contribution in [2.24, 2.45) is 5.92 Å². The Labute approximate surface area is 190 Å². The van der Waals surface area contributed by atoms with Crippen molar-refractivity contribution in [1.82, 2.24) is 9.80 Å². The molecule has 172 valence electrons. The number of anilines is 1. The molecule has 1 saturated heterocycles. The van der Waals surface area contributed by atoms with Crippen molar-refractivity contribution in [1.29, 1.82) is 0 Å². The fraction of sp³-hybridized carbons (Fsp3) is 0.440. The normalized spacial score (nSPS) is 16.1. The second-order valence-electron chi connectivity index (χ2n) is 8.51. The largest absolute Gasteiger partial charge is 0.493 e. The first kappa shape index (κ1) is 23.4. The van der Waals surface area contributed by atoms with E-state index in [4.69, 9.17) is 9.47 Å². The third kappa shape index (κ3) is 5.52. The highest BCUT2D eigenvalue weighted by Gasteiger charge is 2.34. The zero-order chi connectivity index (χ0) is 23.3. The molecule has 7 nitrogen and oxygen atoms in total. The predicted molar refractivity (Wildman–Crippen MR) is 125 cm³/mol. The molecule has 0 aromatic heterocycles. The number of hydrogen-bond donors (Lipinski definition) is 1. The van der Waals surface area contributed by atoms with E-state index in [2.05, 4.69) is 19.2 Å². The molecule has 0 aliphatic carbocycles. The lowest BCUT2D eigenvalue weighted by Gasteiger charge is -2.43. The number of hydrogen-bond acceptors (Lipinski definition) is 4. The molecule has 32 heavy (non-hydrogen) atoms. The van der Waals surface area contributed by atoms with Gasteiger partial charge in [0.05, 0.1) is 26.7 Å². The molecule has 1 fully saturated rings. The molecule has 0 saturated carbocycles. The standard InChI is InChI=1S/C25H33N3O4/c1-17(2)21-16-27(24(29)15-19-8-11-22(31-4)23(14-19)32-5)12-13-28(21)25(30)26-20-9-6-18(3)7-10-20/h6-11,14,17,21H,12-13,15-16H2,1-5H3,(H,26,30). The van der Waals surface area contributed by atoms with E-state index in [0.717, 1.165) is 16.8 Å². The van der Waals surface area contributed by atoms with Crippen molar-refractivity contribution >= 4 is 17.6 Å². The third-order valence-corrected chi connectivity index (χ3v) is 5.91. The molecule has 0 bridgehead atoms. The first-order valence-corrected chi connectivity index (χ1v) is 10.9. The number of nitrogens with one attached hydrogen (secondary N) is 1. The van der Waals surface area contributed by atoms with E-state index in [-0.39, 0.29) is 30.3 Å². The van der Waals surface area contributed by atoms with Gasteiger partial charge >= 0.3 is 6.03 Å². The number of carbonyl (C=O) groups is 2. The van der Waals surface area contributed by atoms with Crippen LogP contribution in [0.2, 0.25) is 0 Å². The Morgan fingerprint density at radius 1 is 1.03 bits per heavy atom. The van der Waals surface area contributed by atoms with Gasteiger partial charge in [-0.2, -0.15) is 0 Å². The van der Waals surface area contributed by atoms with Gasteiger partial charge in [-0.05, 0) is 42.7 Å². The van der Waals surface area contributed by atoms with E-state index in [1.165, 1.54) is 0 Å². The number of methoxy groups -OCH3 is 2. The number of rotatable bonds is 6. The Morgan fingerprint density at radius 2 is 1.72 bits per heavy atom. The highest BCUT2D eigenvalue weighted by atomic mass is 16.5. The Balaban J connectivity index is 1.65. The fourth-order valence-electron chi connectivity index (χ4n) is 3.97. The number of piperazine rings is 1. The summed E-state index contributed by atoms with van der Waals surface area (Å²) in [6, 6.07) is 13.1. The van der Waals surface area contributed by atoms with Crippen LogP contribution in [0.5, 0.6) is 11.5 Å². The molecule has 1 N–H and O–H groups in total. The van der Waals surface area contributed by atoms with Crippen LogP contribution >= 0.6 is 0 Å². The lowest BCUT2D eigenvalue weighted by atomic mass is 9.99. The van der Waals surface area contributed by atoms with Crippen molar-refractivity contribution in [3.63, 3.8) is 0 Å². The summed E-state index contributed by atoms with van der Waals surface area (Å²) in [5, 5.41) is 2.99. The molecule has 3 rings (SSSR count).